The van der Waals surface area contributed by atoms with Crippen molar-refractivity contribution >= 4 is 11.6 Å². The molecule has 1 saturated carbocycles. The Morgan fingerprint density at radius 2 is 1.68 bits per heavy atom. The van der Waals surface area contributed by atoms with Gasteiger partial charge in [0.2, 0.25) is 5.91 Å². The van der Waals surface area contributed by atoms with Gasteiger partial charge in [0, 0.05) is 25.2 Å². The Balaban J connectivity index is 1.43. The monoisotopic (exact) mass is 530 g/mol. The Morgan fingerprint density at radius 3 is 2.29 bits per heavy atom. The minimum Gasteiger partial charge on any atom is -0.490 e. The standard InChI is InChI=1S/C31H41F3N2O2/c1-20-14-25(15-21(2)28(20)17-30(3,4)18-29(35)37)36-13-5-6-22-16-27(10-7-23(22)19-36)38-26-11-8-24(9-12-26)31(32,33)34/h7,10,14-16,24,26H,5-6,8-9,11-13,17-19H2,1-4H3,(H2,35,37). The number of hydrogen-bond donors (Lipinski definition) is 1. The van der Waals surface area contributed by atoms with Gasteiger partial charge in [0.15, 0.2) is 0 Å². The molecule has 2 aromatic rings. The number of carbonyl (C=O) groups excluding carboxylic acids is 1. The fraction of sp³-hybridized carbons (Fsp3) is 0.581. The van der Waals surface area contributed by atoms with E-state index in [1.54, 1.807) is 0 Å². The maximum atomic E-state index is 13.0. The van der Waals surface area contributed by atoms with Gasteiger partial charge in [-0.2, -0.15) is 13.2 Å². The van der Waals surface area contributed by atoms with Crippen LogP contribution in [0.25, 0.3) is 0 Å². The number of rotatable bonds is 7. The first kappa shape index (κ1) is 28.3. The molecule has 0 aromatic heterocycles. The predicted molar refractivity (Wildman–Crippen MR) is 145 cm³/mol. The summed E-state index contributed by atoms with van der Waals surface area (Å²) >= 11 is 0. The van der Waals surface area contributed by atoms with E-state index in [1.807, 2.05) is 6.07 Å². The Hall–Kier alpha value is -2.70. The van der Waals surface area contributed by atoms with Gasteiger partial charge in [-0.05, 0) is 116 Å². The van der Waals surface area contributed by atoms with E-state index in [9.17, 15) is 18.0 Å². The molecule has 2 aliphatic rings. The maximum absolute atomic E-state index is 13.0. The number of aryl methyl sites for hydroxylation is 3. The Bertz CT molecular complexity index is 1130. The second-order valence-electron chi connectivity index (χ2n) is 12.1. The average molecular weight is 531 g/mol. The van der Waals surface area contributed by atoms with Crippen LogP contribution < -0.4 is 15.4 Å². The molecule has 1 aliphatic carbocycles. The van der Waals surface area contributed by atoms with E-state index in [1.165, 1.54) is 33.5 Å². The quantitative estimate of drug-likeness (QED) is 0.412. The summed E-state index contributed by atoms with van der Waals surface area (Å²) in [5, 5.41) is 0. The zero-order chi connectivity index (χ0) is 27.7. The first-order valence-electron chi connectivity index (χ1n) is 13.8. The third-order valence-corrected chi connectivity index (χ3v) is 8.21. The fourth-order valence-corrected chi connectivity index (χ4v) is 6.17. The first-order chi connectivity index (χ1) is 17.8. The molecule has 1 aliphatic heterocycles. The molecule has 0 saturated heterocycles. The Morgan fingerprint density at radius 1 is 1.03 bits per heavy atom. The van der Waals surface area contributed by atoms with Crippen molar-refractivity contribution in [2.24, 2.45) is 17.1 Å². The second kappa shape index (κ2) is 11.2. The number of benzene rings is 2. The summed E-state index contributed by atoms with van der Waals surface area (Å²) in [6.07, 6.45) is 0.0650. The molecule has 0 spiro atoms. The molecule has 4 nitrogen and oxygen atoms in total. The van der Waals surface area contributed by atoms with Gasteiger partial charge < -0.3 is 15.4 Å². The van der Waals surface area contributed by atoms with Crippen LogP contribution in [0.15, 0.2) is 30.3 Å². The van der Waals surface area contributed by atoms with Gasteiger partial charge in [0.25, 0.3) is 0 Å². The van der Waals surface area contributed by atoms with Gasteiger partial charge in [0.1, 0.15) is 5.75 Å². The Labute approximate surface area is 224 Å². The van der Waals surface area contributed by atoms with E-state index < -0.39 is 12.1 Å². The van der Waals surface area contributed by atoms with E-state index in [-0.39, 0.29) is 30.3 Å². The maximum Gasteiger partial charge on any atom is 0.391 e. The number of fused-ring (bicyclic) bond motifs is 1. The largest absolute Gasteiger partial charge is 0.490 e. The van der Waals surface area contributed by atoms with E-state index in [2.05, 4.69) is 56.9 Å². The van der Waals surface area contributed by atoms with Crippen molar-refractivity contribution in [1.82, 2.24) is 0 Å². The number of anilines is 1. The third-order valence-electron chi connectivity index (χ3n) is 8.21. The molecule has 0 bridgehead atoms. The normalized spacial score (nSPS) is 20.6. The summed E-state index contributed by atoms with van der Waals surface area (Å²) in [5.41, 5.74) is 12.7. The topological polar surface area (TPSA) is 55.6 Å². The van der Waals surface area contributed by atoms with E-state index in [0.717, 1.165) is 38.1 Å². The molecular weight excluding hydrogens is 489 g/mol. The lowest BCUT2D eigenvalue weighted by molar-refractivity contribution is -0.185. The van der Waals surface area contributed by atoms with Crippen LogP contribution in [0.3, 0.4) is 0 Å². The highest BCUT2D eigenvalue weighted by Gasteiger charge is 2.41. The van der Waals surface area contributed by atoms with Crippen LogP contribution in [0.4, 0.5) is 18.9 Å². The molecule has 4 rings (SSSR count). The van der Waals surface area contributed by atoms with Crippen molar-refractivity contribution in [3.05, 3.63) is 58.1 Å². The Kier molecular flexibility index (Phi) is 8.34. The highest BCUT2D eigenvalue weighted by atomic mass is 19.4. The lowest BCUT2D eigenvalue weighted by atomic mass is 9.80. The summed E-state index contributed by atoms with van der Waals surface area (Å²) in [7, 11) is 0. The number of nitrogens with two attached hydrogens (primary N) is 1. The number of ether oxygens (including phenoxy) is 1. The van der Waals surface area contributed by atoms with Gasteiger partial charge in [-0.3, -0.25) is 4.79 Å². The average Bonchev–Trinajstić information content (AvgIpc) is 3.02. The molecular formula is C31H41F3N2O2. The minimum atomic E-state index is -4.10. The molecule has 2 aromatic carbocycles. The molecule has 0 atom stereocenters. The van der Waals surface area contributed by atoms with Crippen LogP contribution in [0.5, 0.6) is 5.75 Å². The van der Waals surface area contributed by atoms with Gasteiger partial charge in [0.05, 0.1) is 12.0 Å². The number of hydrogen-bond acceptors (Lipinski definition) is 3. The summed E-state index contributed by atoms with van der Waals surface area (Å²) in [4.78, 5) is 13.9. The molecule has 208 valence electrons. The number of alkyl halides is 3. The lowest BCUT2D eigenvalue weighted by Gasteiger charge is -2.30. The molecule has 1 amide bonds. The summed E-state index contributed by atoms with van der Waals surface area (Å²) in [6.45, 7) is 10.2. The van der Waals surface area contributed by atoms with Crippen LogP contribution in [-0.4, -0.2) is 24.7 Å². The highest BCUT2D eigenvalue weighted by molar-refractivity contribution is 5.74. The zero-order valence-electron chi connectivity index (χ0n) is 23.1. The van der Waals surface area contributed by atoms with Crippen molar-refractivity contribution < 1.29 is 22.7 Å². The van der Waals surface area contributed by atoms with Crippen LogP contribution >= 0.6 is 0 Å². The first-order valence-corrected chi connectivity index (χ1v) is 13.8. The summed E-state index contributed by atoms with van der Waals surface area (Å²) < 4.78 is 45.1. The fourth-order valence-electron chi connectivity index (χ4n) is 6.17. The highest BCUT2D eigenvalue weighted by Crippen LogP contribution is 2.39. The molecule has 38 heavy (non-hydrogen) atoms. The molecule has 0 radical (unpaired) electrons. The molecule has 1 heterocycles. The van der Waals surface area contributed by atoms with Crippen LogP contribution in [-0.2, 0) is 24.2 Å². The number of amides is 1. The summed E-state index contributed by atoms with van der Waals surface area (Å²) in [6, 6.07) is 10.7. The molecule has 1 fully saturated rings. The van der Waals surface area contributed by atoms with Crippen molar-refractivity contribution in [3.8, 4) is 5.75 Å². The lowest BCUT2D eigenvalue weighted by Crippen LogP contribution is -2.31. The van der Waals surface area contributed by atoms with Crippen LogP contribution in [0.2, 0.25) is 0 Å². The molecule has 2 N–H and O–H groups in total. The van der Waals surface area contributed by atoms with E-state index in [4.69, 9.17) is 10.5 Å². The van der Waals surface area contributed by atoms with Gasteiger partial charge >= 0.3 is 6.18 Å². The van der Waals surface area contributed by atoms with Crippen molar-refractivity contribution in [2.75, 3.05) is 11.4 Å². The smallest absolute Gasteiger partial charge is 0.391 e. The van der Waals surface area contributed by atoms with Gasteiger partial charge in [-0.25, -0.2) is 0 Å². The number of halogens is 3. The number of primary amides is 1. The number of nitrogens with zero attached hydrogens (tertiary/aromatic N) is 1. The second-order valence-corrected chi connectivity index (χ2v) is 12.1. The predicted octanol–water partition coefficient (Wildman–Crippen LogP) is 7.20. The van der Waals surface area contributed by atoms with Crippen molar-refractivity contribution in [1.29, 1.82) is 0 Å². The third kappa shape index (κ3) is 7.03. The SMILES string of the molecule is Cc1cc(N2CCCc3cc(OC4CCC(C(F)(F)F)CC4)ccc3C2)cc(C)c1CC(C)(C)CC(N)=O. The van der Waals surface area contributed by atoms with E-state index >= 15 is 0 Å². The minimum absolute atomic E-state index is 0.147. The zero-order valence-corrected chi connectivity index (χ0v) is 23.1. The van der Waals surface area contributed by atoms with Crippen molar-refractivity contribution in [3.63, 3.8) is 0 Å². The van der Waals surface area contributed by atoms with Gasteiger partial charge in [-0.15, -0.1) is 0 Å². The molecule has 0 unspecified atom stereocenters. The van der Waals surface area contributed by atoms with Crippen LogP contribution in [0, 0.1) is 25.2 Å². The van der Waals surface area contributed by atoms with Gasteiger partial charge in [-0.1, -0.05) is 19.9 Å². The van der Waals surface area contributed by atoms with Crippen molar-refractivity contribution in [2.45, 2.75) is 97.9 Å². The molecule has 7 heteroatoms. The van der Waals surface area contributed by atoms with Crippen LogP contribution in [0.1, 0.15) is 80.2 Å². The summed E-state index contributed by atoms with van der Waals surface area (Å²) in [5.74, 6) is -0.696. The van der Waals surface area contributed by atoms with E-state index in [0.29, 0.717) is 19.3 Å². The number of carbonyl (C=O) groups is 1.